The molecule has 0 aliphatic carbocycles. The van der Waals surface area contributed by atoms with E-state index in [0.29, 0.717) is 25.2 Å². The van der Waals surface area contributed by atoms with Gasteiger partial charge in [-0.1, -0.05) is 43.3 Å². The van der Waals surface area contributed by atoms with Gasteiger partial charge in [0.25, 0.3) is 0 Å². The van der Waals surface area contributed by atoms with E-state index in [1.54, 1.807) is 24.9 Å². The van der Waals surface area contributed by atoms with E-state index < -0.39 is 5.54 Å². The summed E-state index contributed by atoms with van der Waals surface area (Å²) in [6, 6.07) is 7.06. The molecule has 2 aliphatic rings. The third kappa shape index (κ3) is 4.01. The molecule has 1 N–H and O–H groups in total. The molecule has 0 unspecified atom stereocenters. The number of benzene rings is 1. The number of fused-ring (bicyclic) bond motifs is 1. The molecule has 0 amide bonds. The van der Waals surface area contributed by atoms with E-state index in [1.165, 1.54) is 6.07 Å². The topological polar surface area (TPSA) is 42.8 Å². The Morgan fingerprint density at radius 3 is 3.04 bits per heavy atom. The quantitative estimate of drug-likeness (QED) is 0.782. The highest BCUT2D eigenvalue weighted by atomic mass is 32.2. The van der Waals surface area contributed by atoms with Crippen LogP contribution in [-0.4, -0.2) is 43.9 Å². The summed E-state index contributed by atoms with van der Waals surface area (Å²) in [6.45, 7) is 4.05. The minimum absolute atomic E-state index is 0.0404. The van der Waals surface area contributed by atoms with Crippen molar-refractivity contribution in [1.82, 2.24) is 5.32 Å². The zero-order valence-corrected chi connectivity index (χ0v) is 15.8. The lowest BCUT2D eigenvalue weighted by Crippen LogP contribution is -2.61. The predicted molar refractivity (Wildman–Crippen MR) is 101 cm³/mol. The van der Waals surface area contributed by atoms with Crippen LogP contribution < -0.4 is 5.32 Å². The van der Waals surface area contributed by atoms with Crippen molar-refractivity contribution in [1.29, 1.82) is 0 Å². The molecule has 0 radical (unpaired) electrons. The number of unbranched alkanes of at least 4 members (excludes halogenated alkanes) is 1. The van der Waals surface area contributed by atoms with Crippen LogP contribution in [0.4, 0.5) is 4.39 Å². The number of aliphatic imine (C=N–C) groups is 1. The van der Waals surface area contributed by atoms with E-state index in [2.05, 4.69) is 17.2 Å². The van der Waals surface area contributed by atoms with E-state index >= 15 is 0 Å². The number of rotatable bonds is 6. The van der Waals surface area contributed by atoms with Gasteiger partial charge < -0.3 is 14.8 Å². The monoisotopic (exact) mass is 366 g/mol. The third-order valence-electron chi connectivity index (χ3n) is 5.03. The largest absolute Gasteiger partial charge is 0.379 e. The van der Waals surface area contributed by atoms with E-state index in [-0.39, 0.29) is 17.8 Å². The number of nitrogens with zero attached hydrogens (tertiary/aromatic N) is 1. The Morgan fingerprint density at radius 2 is 2.28 bits per heavy atom. The Labute approximate surface area is 153 Å². The van der Waals surface area contributed by atoms with Gasteiger partial charge in [-0.05, 0) is 12.5 Å². The molecule has 0 aromatic heterocycles. The van der Waals surface area contributed by atoms with Crippen LogP contribution in [-0.2, 0) is 15.0 Å². The first kappa shape index (κ1) is 18.7. The van der Waals surface area contributed by atoms with Gasteiger partial charge in [-0.25, -0.2) is 4.39 Å². The molecule has 1 aromatic rings. The minimum atomic E-state index is -0.484. The van der Waals surface area contributed by atoms with Gasteiger partial charge in [-0.2, -0.15) is 0 Å². The Bertz CT molecular complexity index is 613. The van der Waals surface area contributed by atoms with Crippen molar-refractivity contribution >= 4 is 16.9 Å². The number of amidine groups is 1. The first-order valence-electron chi connectivity index (χ1n) is 9.01. The smallest absolute Gasteiger partial charge is 0.156 e. The molecule has 2 fully saturated rings. The summed E-state index contributed by atoms with van der Waals surface area (Å²) in [5.41, 5.74) is 0.228. The summed E-state index contributed by atoms with van der Waals surface area (Å²) in [5, 5.41) is 4.41. The summed E-state index contributed by atoms with van der Waals surface area (Å²) in [6.07, 6.45) is 2.81. The van der Waals surface area contributed by atoms with E-state index in [4.69, 9.17) is 9.47 Å². The van der Waals surface area contributed by atoms with Crippen molar-refractivity contribution in [2.75, 3.05) is 32.6 Å². The summed E-state index contributed by atoms with van der Waals surface area (Å²) in [4.78, 5) is 4.32. The predicted octanol–water partition coefficient (Wildman–Crippen LogP) is 3.57. The van der Waals surface area contributed by atoms with Crippen LogP contribution in [0.25, 0.3) is 0 Å². The minimum Gasteiger partial charge on any atom is -0.379 e. The van der Waals surface area contributed by atoms with Crippen LogP contribution >= 0.6 is 11.8 Å². The Kier molecular flexibility index (Phi) is 6.36. The van der Waals surface area contributed by atoms with Crippen LogP contribution in [0.5, 0.6) is 0 Å². The van der Waals surface area contributed by atoms with Gasteiger partial charge in [0, 0.05) is 37.3 Å². The second-order valence-corrected chi connectivity index (χ2v) is 7.71. The number of ether oxygens (including phenoxy) is 2. The average molecular weight is 367 g/mol. The highest BCUT2D eigenvalue weighted by Crippen LogP contribution is 2.44. The molecule has 4 nitrogen and oxygen atoms in total. The molecule has 25 heavy (non-hydrogen) atoms. The van der Waals surface area contributed by atoms with Crippen molar-refractivity contribution in [3.05, 3.63) is 35.6 Å². The van der Waals surface area contributed by atoms with Gasteiger partial charge in [0.05, 0.1) is 24.9 Å². The molecule has 0 bridgehead atoms. The van der Waals surface area contributed by atoms with Crippen molar-refractivity contribution in [2.45, 2.75) is 37.8 Å². The normalized spacial score (nSPS) is 30.8. The van der Waals surface area contributed by atoms with Crippen molar-refractivity contribution in [2.24, 2.45) is 10.9 Å². The molecule has 2 aliphatic heterocycles. The zero-order chi connectivity index (χ0) is 17.7. The van der Waals surface area contributed by atoms with Gasteiger partial charge in [0.2, 0.25) is 0 Å². The molecule has 1 aromatic carbocycles. The van der Waals surface area contributed by atoms with Crippen LogP contribution in [0, 0.1) is 11.7 Å². The first-order valence-corrected chi connectivity index (χ1v) is 10.00. The maximum absolute atomic E-state index is 14.7. The lowest BCUT2D eigenvalue weighted by atomic mass is 9.73. The van der Waals surface area contributed by atoms with Crippen molar-refractivity contribution in [3.8, 4) is 0 Å². The SMILES string of the molecule is CCCCOC[C@H]1C[C@]2(c3ccccc3F)NC(=NC)SC[C@@H]2CO1. The molecule has 2 heterocycles. The lowest BCUT2D eigenvalue weighted by Gasteiger charge is -2.50. The molecule has 0 saturated carbocycles. The number of thioether (sulfide) groups is 1. The number of nitrogens with one attached hydrogen (secondary N) is 1. The maximum Gasteiger partial charge on any atom is 0.156 e. The average Bonchev–Trinajstić information content (AvgIpc) is 2.64. The molecule has 138 valence electrons. The van der Waals surface area contributed by atoms with Crippen molar-refractivity contribution in [3.63, 3.8) is 0 Å². The third-order valence-corrected chi connectivity index (χ3v) is 6.16. The summed E-state index contributed by atoms with van der Waals surface area (Å²) in [7, 11) is 1.77. The Hall–Kier alpha value is -1.11. The molecule has 3 atom stereocenters. The Balaban J connectivity index is 1.84. The van der Waals surface area contributed by atoms with Crippen LogP contribution in [0.15, 0.2) is 29.3 Å². The fourth-order valence-electron chi connectivity index (χ4n) is 3.64. The molecule has 6 heteroatoms. The summed E-state index contributed by atoms with van der Waals surface area (Å²) >= 11 is 1.68. The Morgan fingerprint density at radius 1 is 1.44 bits per heavy atom. The van der Waals surface area contributed by atoms with Gasteiger partial charge in [0.15, 0.2) is 5.17 Å². The molecule has 0 spiro atoms. The number of hydrogen-bond donors (Lipinski definition) is 1. The fourth-order valence-corrected chi connectivity index (χ4v) is 4.76. The number of halogens is 1. The van der Waals surface area contributed by atoms with Gasteiger partial charge >= 0.3 is 0 Å². The van der Waals surface area contributed by atoms with Crippen LogP contribution in [0.1, 0.15) is 31.7 Å². The standard InChI is InChI=1S/C19H27FN2O2S/c1-3-4-9-23-12-15-10-19(16-7-5-6-8-17(16)20)14(11-24-15)13-25-18(21-2)22-19/h5-8,14-15H,3-4,9-13H2,1-2H3,(H,21,22)/t14-,15+,19-/m0/s1. The maximum atomic E-state index is 14.7. The zero-order valence-electron chi connectivity index (χ0n) is 15.0. The van der Waals surface area contributed by atoms with Gasteiger partial charge in [-0.3, -0.25) is 4.99 Å². The van der Waals surface area contributed by atoms with E-state index in [0.717, 1.165) is 30.4 Å². The second-order valence-electron chi connectivity index (χ2n) is 6.70. The molecular weight excluding hydrogens is 339 g/mol. The van der Waals surface area contributed by atoms with Crippen LogP contribution in [0.3, 0.4) is 0 Å². The van der Waals surface area contributed by atoms with E-state index in [9.17, 15) is 4.39 Å². The highest BCUT2D eigenvalue weighted by Gasteiger charge is 2.50. The van der Waals surface area contributed by atoms with E-state index in [1.807, 2.05) is 12.1 Å². The van der Waals surface area contributed by atoms with Gasteiger partial charge in [-0.15, -0.1) is 0 Å². The summed E-state index contributed by atoms with van der Waals surface area (Å²) < 4.78 is 26.5. The van der Waals surface area contributed by atoms with Crippen LogP contribution in [0.2, 0.25) is 0 Å². The second kappa shape index (κ2) is 8.52. The fraction of sp³-hybridized carbons (Fsp3) is 0.632. The highest BCUT2D eigenvalue weighted by molar-refractivity contribution is 8.13. The first-order chi connectivity index (χ1) is 12.2. The van der Waals surface area contributed by atoms with Gasteiger partial charge in [0.1, 0.15) is 5.82 Å². The molecular formula is C19H27FN2O2S. The molecule has 2 saturated heterocycles. The number of hydrogen-bond acceptors (Lipinski definition) is 4. The lowest BCUT2D eigenvalue weighted by molar-refractivity contribution is -0.0937. The molecule has 3 rings (SSSR count). The summed E-state index contributed by atoms with van der Waals surface area (Å²) in [5.74, 6) is 0.902. The van der Waals surface area contributed by atoms with Crippen molar-refractivity contribution < 1.29 is 13.9 Å².